The van der Waals surface area contributed by atoms with Crippen LogP contribution in [0.3, 0.4) is 0 Å². The fourth-order valence-corrected chi connectivity index (χ4v) is 3.86. The molecule has 1 fully saturated rings. The minimum absolute atomic E-state index is 0.409. The molecule has 1 aromatic carbocycles. The highest BCUT2D eigenvalue weighted by atomic mass is 15.0. The van der Waals surface area contributed by atoms with Crippen LogP contribution in [0.15, 0.2) is 54.7 Å². The number of aromatic nitrogens is 1. The third-order valence-electron chi connectivity index (χ3n) is 5.33. The molecule has 1 heterocycles. The highest BCUT2D eigenvalue weighted by molar-refractivity contribution is 5.48. The van der Waals surface area contributed by atoms with Crippen molar-refractivity contribution >= 4 is 5.82 Å². The van der Waals surface area contributed by atoms with E-state index >= 15 is 0 Å². The van der Waals surface area contributed by atoms with E-state index in [2.05, 4.69) is 47.2 Å². The molecule has 2 aromatic rings. The molecule has 25 heavy (non-hydrogen) atoms. The normalized spacial score (nSPS) is 17.4. The maximum Gasteiger partial charge on any atom is 0.119 e. The number of benzene rings is 1. The highest BCUT2D eigenvalue weighted by Crippen LogP contribution is 2.37. The van der Waals surface area contributed by atoms with Crippen LogP contribution in [0.25, 0.3) is 0 Å². The van der Waals surface area contributed by atoms with Gasteiger partial charge in [-0.2, -0.15) is 5.26 Å². The van der Waals surface area contributed by atoms with E-state index < -0.39 is 5.54 Å². The lowest BCUT2D eigenvalue weighted by Gasteiger charge is -2.41. The molecule has 1 unspecified atom stereocenters. The Bertz CT molecular complexity index is 750. The molecule has 4 nitrogen and oxygen atoms in total. The molecule has 0 amide bonds. The predicted molar refractivity (Wildman–Crippen MR) is 102 cm³/mol. The Kier molecular flexibility index (Phi) is 5.25. The van der Waals surface area contributed by atoms with Gasteiger partial charge in [-0.3, -0.25) is 0 Å². The van der Waals surface area contributed by atoms with Gasteiger partial charge in [-0.1, -0.05) is 56.2 Å². The van der Waals surface area contributed by atoms with E-state index in [0.29, 0.717) is 11.6 Å². The Morgan fingerprint density at radius 2 is 1.92 bits per heavy atom. The first-order valence-electron chi connectivity index (χ1n) is 9.00. The number of nitriles is 1. The molecule has 4 heteroatoms. The maximum absolute atomic E-state index is 8.99. The molecule has 1 aliphatic carbocycles. The molecule has 130 valence electrons. The van der Waals surface area contributed by atoms with E-state index in [1.165, 1.54) is 24.8 Å². The van der Waals surface area contributed by atoms with Crippen molar-refractivity contribution in [2.24, 2.45) is 11.7 Å². The standard InChI is InChI=1S/C21H26N4/c1-16(24-20-13-12-19(15-22)25-20)21(23,18-10-6-3-7-11-18)14-17-8-4-2-5-9-17/h2,4-5,8-9,12-13,18,24-25H,1,3,6-7,10-11,14,23H2. The highest BCUT2D eigenvalue weighted by Gasteiger charge is 2.38. The lowest BCUT2D eigenvalue weighted by molar-refractivity contribution is 0.237. The topological polar surface area (TPSA) is 77.6 Å². The fraction of sp³-hybridized carbons (Fsp3) is 0.381. The lowest BCUT2D eigenvalue weighted by Crippen LogP contribution is -2.53. The number of hydrogen-bond acceptors (Lipinski definition) is 3. The molecule has 1 aromatic heterocycles. The van der Waals surface area contributed by atoms with Crippen molar-refractivity contribution in [2.45, 2.75) is 44.1 Å². The first kappa shape index (κ1) is 17.3. The van der Waals surface area contributed by atoms with Crippen LogP contribution < -0.4 is 11.1 Å². The summed E-state index contributed by atoms with van der Waals surface area (Å²) in [4.78, 5) is 3.04. The predicted octanol–water partition coefficient (Wildman–Crippen LogP) is 4.33. The van der Waals surface area contributed by atoms with Crippen LogP contribution in [0.4, 0.5) is 5.82 Å². The number of anilines is 1. The van der Waals surface area contributed by atoms with Crippen LogP contribution in [-0.2, 0) is 6.42 Å². The van der Waals surface area contributed by atoms with Gasteiger partial charge in [0, 0.05) is 5.70 Å². The molecular weight excluding hydrogens is 308 g/mol. The number of aromatic amines is 1. The van der Waals surface area contributed by atoms with Crippen molar-refractivity contribution in [3.63, 3.8) is 0 Å². The van der Waals surface area contributed by atoms with Gasteiger partial charge in [0.1, 0.15) is 17.6 Å². The number of nitrogens with two attached hydrogens (primary N) is 1. The summed E-state index contributed by atoms with van der Waals surface area (Å²) in [5.74, 6) is 1.17. The van der Waals surface area contributed by atoms with Crippen LogP contribution in [0, 0.1) is 17.2 Å². The van der Waals surface area contributed by atoms with Crippen molar-refractivity contribution in [1.82, 2.24) is 4.98 Å². The van der Waals surface area contributed by atoms with Gasteiger partial charge in [0.05, 0.1) is 5.54 Å². The zero-order valence-electron chi connectivity index (χ0n) is 14.6. The molecule has 0 bridgehead atoms. The van der Waals surface area contributed by atoms with E-state index in [1.54, 1.807) is 6.07 Å². The molecule has 0 spiro atoms. The van der Waals surface area contributed by atoms with E-state index in [-0.39, 0.29) is 0 Å². The van der Waals surface area contributed by atoms with E-state index in [0.717, 1.165) is 30.8 Å². The molecule has 0 aliphatic heterocycles. The second-order valence-electron chi connectivity index (χ2n) is 7.04. The second-order valence-corrected chi connectivity index (χ2v) is 7.04. The minimum atomic E-state index is -0.514. The average molecular weight is 334 g/mol. The SMILES string of the molecule is C=C(Nc1ccc(C#N)[nH]1)C(N)(Cc1ccccc1)C1CCCCC1. The van der Waals surface area contributed by atoms with Gasteiger partial charge >= 0.3 is 0 Å². The largest absolute Gasteiger partial charge is 0.344 e. The van der Waals surface area contributed by atoms with Crippen molar-refractivity contribution in [1.29, 1.82) is 5.26 Å². The van der Waals surface area contributed by atoms with Gasteiger partial charge < -0.3 is 16.0 Å². The molecular formula is C21H26N4. The summed E-state index contributed by atoms with van der Waals surface area (Å²) in [7, 11) is 0. The lowest BCUT2D eigenvalue weighted by atomic mass is 9.70. The van der Waals surface area contributed by atoms with Crippen LogP contribution in [0.2, 0.25) is 0 Å². The third-order valence-corrected chi connectivity index (χ3v) is 5.33. The van der Waals surface area contributed by atoms with Crippen molar-refractivity contribution < 1.29 is 0 Å². The number of rotatable bonds is 6. The maximum atomic E-state index is 8.99. The quantitative estimate of drug-likeness (QED) is 0.735. The van der Waals surface area contributed by atoms with Crippen LogP contribution >= 0.6 is 0 Å². The van der Waals surface area contributed by atoms with Gasteiger partial charge in [0.25, 0.3) is 0 Å². The van der Waals surface area contributed by atoms with Gasteiger partial charge in [-0.15, -0.1) is 0 Å². The molecule has 0 radical (unpaired) electrons. The second kappa shape index (κ2) is 7.58. The Morgan fingerprint density at radius 3 is 2.56 bits per heavy atom. The van der Waals surface area contributed by atoms with Gasteiger partial charge in [0.15, 0.2) is 0 Å². The number of nitrogens with one attached hydrogen (secondary N) is 2. The summed E-state index contributed by atoms with van der Waals surface area (Å²) < 4.78 is 0. The summed E-state index contributed by atoms with van der Waals surface area (Å²) in [6, 6.07) is 16.1. The Balaban J connectivity index is 1.83. The zero-order chi connectivity index (χ0) is 17.7. The third kappa shape index (κ3) is 3.94. The van der Waals surface area contributed by atoms with Crippen molar-refractivity contribution in [3.05, 3.63) is 66.0 Å². The number of H-pyrrole nitrogens is 1. The van der Waals surface area contributed by atoms with Gasteiger partial charge in [-0.25, -0.2) is 0 Å². The molecule has 1 aliphatic rings. The summed E-state index contributed by atoms with van der Waals surface area (Å²) in [6.45, 7) is 4.29. The summed E-state index contributed by atoms with van der Waals surface area (Å²) in [6.07, 6.45) is 6.78. The Hall–Kier alpha value is -2.51. The molecule has 1 atom stereocenters. The number of nitrogens with zero attached hydrogens (tertiary/aromatic N) is 1. The van der Waals surface area contributed by atoms with Crippen LogP contribution in [0.5, 0.6) is 0 Å². The summed E-state index contributed by atoms with van der Waals surface area (Å²) >= 11 is 0. The van der Waals surface area contributed by atoms with Gasteiger partial charge in [0.2, 0.25) is 0 Å². The van der Waals surface area contributed by atoms with E-state index in [9.17, 15) is 0 Å². The summed E-state index contributed by atoms with van der Waals surface area (Å²) in [5.41, 5.74) is 9.05. The fourth-order valence-electron chi connectivity index (χ4n) is 3.86. The molecule has 0 saturated heterocycles. The average Bonchev–Trinajstić information content (AvgIpc) is 3.11. The monoisotopic (exact) mass is 334 g/mol. The minimum Gasteiger partial charge on any atom is -0.344 e. The number of hydrogen-bond donors (Lipinski definition) is 3. The van der Waals surface area contributed by atoms with Crippen LogP contribution in [0.1, 0.15) is 43.4 Å². The first-order valence-corrected chi connectivity index (χ1v) is 9.00. The van der Waals surface area contributed by atoms with Crippen molar-refractivity contribution in [3.8, 4) is 6.07 Å². The smallest absolute Gasteiger partial charge is 0.119 e. The Labute approximate surface area is 149 Å². The van der Waals surface area contributed by atoms with E-state index in [1.807, 2.05) is 12.1 Å². The molecule has 4 N–H and O–H groups in total. The van der Waals surface area contributed by atoms with E-state index in [4.69, 9.17) is 11.0 Å². The zero-order valence-corrected chi connectivity index (χ0v) is 14.6. The first-order chi connectivity index (χ1) is 12.1. The molecule has 1 saturated carbocycles. The summed E-state index contributed by atoms with van der Waals surface area (Å²) in [5, 5.41) is 12.3. The Morgan fingerprint density at radius 1 is 1.20 bits per heavy atom. The van der Waals surface area contributed by atoms with Crippen LogP contribution in [-0.4, -0.2) is 10.5 Å². The van der Waals surface area contributed by atoms with Gasteiger partial charge in [-0.05, 0) is 42.9 Å². The van der Waals surface area contributed by atoms with Crippen molar-refractivity contribution in [2.75, 3.05) is 5.32 Å². The molecule has 3 rings (SSSR count).